The van der Waals surface area contributed by atoms with Crippen molar-refractivity contribution in [2.75, 3.05) is 6.54 Å². The first kappa shape index (κ1) is 14.4. The summed E-state index contributed by atoms with van der Waals surface area (Å²) in [6, 6.07) is 3.56. The maximum Gasteiger partial charge on any atom is 0.244 e. The van der Waals surface area contributed by atoms with Gasteiger partial charge in [-0.1, -0.05) is 19.8 Å². The average Bonchev–Trinajstić information content (AvgIpc) is 3.17. The Balaban J connectivity index is 1.85. The van der Waals surface area contributed by atoms with Crippen molar-refractivity contribution >= 4 is 5.91 Å². The van der Waals surface area contributed by atoms with Crippen LogP contribution in [-0.4, -0.2) is 22.9 Å². The Morgan fingerprint density at radius 2 is 2.10 bits per heavy atom. The van der Waals surface area contributed by atoms with Crippen molar-refractivity contribution in [3.63, 3.8) is 0 Å². The van der Waals surface area contributed by atoms with Crippen molar-refractivity contribution < 1.29 is 13.6 Å². The third-order valence-electron chi connectivity index (χ3n) is 4.40. The molecule has 21 heavy (non-hydrogen) atoms. The first-order chi connectivity index (χ1) is 10.1. The fourth-order valence-corrected chi connectivity index (χ4v) is 3.01. The van der Waals surface area contributed by atoms with Crippen LogP contribution in [0.4, 0.5) is 8.78 Å². The third kappa shape index (κ3) is 2.55. The van der Waals surface area contributed by atoms with Crippen LogP contribution >= 0.6 is 0 Å². The Morgan fingerprint density at radius 1 is 1.33 bits per heavy atom. The number of benzene rings is 1. The van der Waals surface area contributed by atoms with Gasteiger partial charge in [0.25, 0.3) is 0 Å². The van der Waals surface area contributed by atoms with Crippen LogP contribution in [0.25, 0.3) is 0 Å². The van der Waals surface area contributed by atoms with Crippen LogP contribution in [0.15, 0.2) is 18.2 Å². The smallest absolute Gasteiger partial charge is 0.244 e. The fraction of sp³-hybridized carbons (Fsp3) is 0.562. The minimum Gasteiger partial charge on any atom is -0.321 e. The van der Waals surface area contributed by atoms with Gasteiger partial charge in [-0.2, -0.15) is 0 Å². The van der Waals surface area contributed by atoms with Gasteiger partial charge in [0, 0.05) is 18.2 Å². The van der Waals surface area contributed by atoms with Crippen LogP contribution in [0.5, 0.6) is 0 Å². The summed E-state index contributed by atoms with van der Waals surface area (Å²) in [5.41, 5.74) is -0.137. The number of nitrogens with zero attached hydrogens (tertiary/aromatic N) is 1. The fourth-order valence-electron chi connectivity index (χ4n) is 3.01. The highest BCUT2D eigenvalue weighted by atomic mass is 19.1. The minimum atomic E-state index is -0.599. The molecule has 1 unspecified atom stereocenters. The number of carbonyl (C=O) groups excluding carboxylic acids is 1. The Hall–Kier alpha value is -1.49. The van der Waals surface area contributed by atoms with E-state index in [1.54, 1.807) is 4.90 Å². The van der Waals surface area contributed by atoms with Crippen molar-refractivity contribution in [3.05, 3.63) is 35.4 Å². The molecule has 1 aromatic carbocycles. The van der Waals surface area contributed by atoms with Gasteiger partial charge in [-0.15, -0.1) is 0 Å². The van der Waals surface area contributed by atoms with Crippen molar-refractivity contribution in [2.45, 2.75) is 50.7 Å². The van der Waals surface area contributed by atoms with Crippen molar-refractivity contribution in [1.29, 1.82) is 0 Å². The molecule has 3 nitrogen and oxygen atoms in total. The number of nitrogens with one attached hydrogen (secondary N) is 1. The molecule has 114 valence electrons. The summed E-state index contributed by atoms with van der Waals surface area (Å²) >= 11 is 0. The lowest BCUT2D eigenvalue weighted by atomic mass is 10.1. The van der Waals surface area contributed by atoms with Gasteiger partial charge in [0.15, 0.2) is 0 Å². The van der Waals surface area contributed by atoms with E-state index in [0.717, 1.165) is 38.2 Å². The average molecular weight is 294 g/mol. The molecule has 0 aromatic heterocycles. The summed E-state index contributed by atoms with van der Waals surface area (Å²) in [7, 11) is 0. The lowest BCUT2D eigenvalue weighted by Gasteiger charge is -2.24. The normalized spacial score (nSPS) is 23.1. The number of hydrogen-bond donors (Lipinski definition) is 1. The second kappa shape index (κ2) is 5.37. The molecule has 1 spiro atoms. The molecule has 1 atom stereocenters. The van der Waals surface area contributed by atoms with Crippen molar-refractivity contribution in [2.24, 2.45) is 0 Å². The number of hydrogen-bond acceptors (Lipinski definition) is 2. The zero-order chi connectivity index (χ0) is 15.0. The van der Waals surface area contributed by atoms with E-state index >= 15 is 0 Å². The van der Waals surface area contributed by atoms with Gasteiger partial charge in [-0.3, -0.25) is 10.1 Å². The predicted octanol–water partition coefficient (Wildman–Crippen LogP) is 3.12. The van der Waals surface area contributed by atoms with Gasteiger partial charge in [-0.25, -0.2) is 8.78 Å². The van der Waals surface area contributed by atoms with E-state index in [-0.39, 0.29) is 5.91 Å². The number of amides is 1. The molecule has 1 aromatic rings. The highest BCUT2D eigenvalue weighted by molar-refractivity contribution is 5.92. The Labute approximate surface area is 123 Å². The molecule has 0 bridgehead atoms. The number of unbranched alkanes of at least 4 members (excludes halogenated alkanes) is 2. The quantitative estimate of drug-likeness (QED) is 0.846. The Morgan fingerprint density at radius 3 is 2.71 bits per heavy atom. The maximum absolute atomic E-state index is 14.0. The van der Waals surface area contributed by atoms with E-state index in [0.29, 0.717) is 12.1 Å². The molecule has 2 aliphatic rings. The van der Waals surface area contributed by atoms with E-state index < -0.39 is 23.3 Å². The molecule has 1 saturated carbocycles. The summed E-state index contributed by atoms with van der Waals surface area (Å²) in [5, 5.41) is 3.26. The second-order valence-electron chi connectivity index (χ2n) is 6.00. The van der Waals surface area contributed by atoms with Gasteiger partial charge in [0.1, 0.15) is 23.3 Å². The standard InChI is InChI=1S/C16H20F2N2O/c1-2-3-4-9-20-14(19-16(7-8-16)15(20)21)12-6-5-11(17)10-13(12)18/h5-6,10,14,19H,2-4,7-9H2,1H3. The first-order valence-corrected chi connectivity index (χ1v) is 7.61. The summed E-state index contributed by atoms with van der Waals surface area (Å²) in [4.78, 5) is 14.2. The molecule has 1 N–H and O–H groups in total. The largest absolute Gasteiger partial charge is 0.321 e. The second-order valence-corrected chi connectivity index (χ2v) is 6.00. The molecule has 2 fully saturated rings. The zero-order valence-corrected chi connectivity index (χ0v) is 12.2. The summed E-state index contributed by atoms with van der Waals surface area (Å²) in [6.45, 7) is 2.71. The minimum absolute atomic E-state index is 0.0623. The molecule has 1 aliphatic carbocycles. The summed E-state index contributed by atoms with van der Waals surface area (Å²) in [5.74, 6) is -1.13. The molecule has 1 aliphatic heterocycles. The van der Waals surface area contributed by atoms with Gasteiger partial charge < -0.3 is 4.90 Å². The molecule has 1 amide bonds. The molecule has 5 heteroatoms. The molecule has 1 saturated heterocycles. The van der Waals surface area contributed by atoms with Gasteiger partial charge in [0.05, 0.1) is 0 Å². The van der Waals surface area contributed by atoms with Crippen molar-refractivity contribution in [1.82, 2.24) is 10.2 Å². The summed E-state index contributed by atoms with van der Waals surface area (Å²) < 4.78 is 27.1. The monoisotopic (exact) mass is 294 g/mol. The van der Waals surface area contributed by atoms with Crippen LogP contribution < -0.4 is 5.32 Å². The van der Waals surface area contributed by atoms with Crippen LogP contribution in [0.3, 0.4) is 0 Å². The topological polar surface area (TPSA) is 32.3 Å². The molecule has 0 radical (unpaired) electrons. The molecule has 1 heterocycles. The number of halogens is 2. The Kier molecular flexibility index (Phi) is 3.69. The van der Waals surface area contributed by atoms with E-state index in [2.05, 4.69) is 12.2 Å². The highest BCUT2D eigenvalue weighted by Crippen LogP contribution is 2.46. The van der Waals surface area contributed by atoms with Gasteiger partial charge in [-0.05, 0) is 31.4 Å². The molecular formula is C16H20F2N2O. The SMILES string of the molecule is CCCCCN1C(=O)C2(CC2)NC1c1ccc(F)cc1F. The first-order valence-electron chi connectivity index (χ1n) is 7.61. The lowest BCUT2D eigenvalue weighted by Crippen LogP contribution is -2.33. The van der Waals surface area contributed by atoms with Crippen LogP contribution in [-0.2, 0) is 4.79 Å². The summed E-state index contributed by atoms with van der Waals surface area (Å²) in [6.07, 6.45) is 4.13. The van der Waals surface area contributed by atoms with Crippen molar-refractivity contribution in [3.8, 4) is 0 Å². The highest BCUT2D eigenvalue weighted by Gasteiger charge is 2.59. The Bertz CT molecular complexity index is 557. The van der Waals surface area contributed by atoms with E-state index in [1.165, 1.54) is 12.1 Å². The van der Waals surface area contributed by atoms with E-state index in [9.17, 15) is 13.6 Å². The van der Waals surface area contributed by atoms with Crippen LogP contribution in [0.2, 0.25) is 0 Å². The number of rotatable bonds is 5. The van der Waals surface area contributed by atoms with Gasteiger partial charge >= 0.3 is 0 Å². The van der Waals surface area contributed by atoms with Gasteiger partial charge in [0.2, 0.25) is 5.91 Å². The zero-order valence-electron chi connectivity index (χ0n) is 12.2. The van der Waals surface area contributed by atoms with Crippen LogP contribution in [0, 0.1) is 11.6 Å². The lowest BCUT2D eigenvalue weighted by molar-refractivity contribution is -0.130. The third-order valence-corrected chi connectivity index (χ3v) is 4.40. The van der Waals surface area contributed by atoms with Crippen LogP contribution in [0.1, 0.15) is 50.8 Å². The van der Waals surface area contributed by atoms with E-state index in [4.69, 9.17) is 0 Å². The molecular weight excluding hydrogens is 274 g/mol. The maximum atomic E-state index is 14.0. The van der Waals surface area contributed by atoms with E-state index in [1.807, 2.05) is 0 Å². The number of carbonyl (C=O) groups is 1. The molecule has 3 rings (SSSR count). The predicted molar refractivity (Wildman–Crippen MR) is 75.4 cm³/mol.